The van der Waals surface area contributed by atoms with Gasteiger partial charge in [-0.25, -0.2) is 0 Å². The zero-order valence-corrected chi connectivity index (χ0v) is 8.99. The molecule has 0 heterocycles. The second kappa shape index (κ2) is 6.94. The van der Waals surface area contributed by atoms with E-state index in [1.165, 1.54) is 11.8 Å². The van der Waals surface area contributed by atoms with Gasteiger partial charge >= 0.3 is 5.97 Å². The normalized spacial score (nSPS) is 15.6. The van der Waals surface area contributed by atoms with Crippen LogP contribution in [0.5, 0.6) is 0 Å². The first-order valence-electron chi connectivity index (χ1n) is 3.38. The van der Waals surface area contributed by atoms with Crippen LogP contribution in [0, 0.1) is 0 Å². The zero-order valence-electron chi connectivity index (χ0n) is 6.38. The van der Waals surface area contributed by atoms with Gasteiger partial charge in [0.1, 0.15) is 0 Å². The Labute approximate surface area is 86.7 Å². The van der Waals surface area contributed by atoms with E-state index in [0.717, 1.165) is 0 Å². The van der Waals surface area contributed by atoms with Crippen LogP contribution in [0.15, 0.2) is 0 Å². The predicted octanol–water partition coefficient (Wildman–Crippen LogP) is 0.741. The Morgan fingerprint density at radius 3 is 2.50 bits per heavy atom. The van der Waals surface area contributed by atoms with Gasteiger partial charge < -0.3 is 10.2 Å². The second-order valence-electron chi connectivity index (χ2n) is 2.16. The maximum Gasteiger partial charge on any atom is 0.304 e. The Morgan fingerprint density at radius 1 is 1.50 bits per heavy atom. The van der Waals surface area contributed by atoms with Crippen molar-refractivity contribution in [2.75, 3.05) is 12.4 Å². The number of carbonyl (C=O) groups is 1. The van der Waals surface area contributed by atoms with Gasteiger partial charge in [-0.05, 0) is 0 Å². The lowest BCUT2D eigenvalue weighted by molar-refractivity contribution is -0.136. The lowest BCUT2D eigenvalue weighted by Crippen LogP contribution is -2.16. The van der Waals surface area contributed by atoms with Crippen LogP contribution < -0.4 is 0 Å². The van der Waals surface area contributed by atoms with Gasteiger partial charge in [0.25, 0.3) is 0 Å². The van der Waals surface area contributed by atoms with E-state index in [0.29, 0.717) is 5.75 Å². The SMILES string of the molecule is O=C(O)CCSC(S)C(S)CO. The first-order valence-corrected chi connectivity index (χ1v) is 5.46. The number of hydrogen-bond donors (Lipinski definition) is 4. The molecule has 0 aromatic rings. The number of aliphatic hydroxyl groups is 1. The fourth-order valence-corrected chi connectivity index (χ4v) is 1.98. The molecule has 3 nitrogen and oxygen atoms in total. The quantitative estimate of drug-likeness (QED) is 0.400. The number of rotatable bonds is 6. The molecule has 2 N–H and O–H groups in total. The van der Waals surface area contributed by atoms with Crippen LogP contribution in [0.4, 0.5) is 0 Å². The molecule has 0 saturated heterocycles. The number of thiol groups is 2. The predicted molar refractivity (Wildman–Crippen MR) is 57.3 cm³/mol. The first-order chi connectivity index (χ1) is 5.57. The molecule has 0 aliphatic rings. The number of carboxylic acid groups (broad SMARTS) is 1. The summed E-state index contributed by atoms with van der Waals surface area (Å²) in [5.41, 5.74) is 0. The van der Waals surface area contributed by atoms with Gasteiger partial charge in [-0.1, -0.05) is 0 Å². The van der Waals surface area contributed by atoms with E-state index in [2.05, 4.69) is 25.3 Å². The fraction of sp³-hybridized carbons (Fsp3) is 0.833. The molecular formula is C6H12O3S3. The van der Waals surface area contributed by atoms with Crippen LogP contribution >= 0.6 is 37.0 Å². The minimum absolute atomic E-state index is 0.0443. The molecule has 0 radical (unpaired) electrons. The van der Waals surface area contributed by atoms with Crippen molar-refractivity contribution in [2.45, 2.75) is 16.3 Å². The third kappa shape index (κ3) is 6.05. The maximum atomic E-state index is 10.1. The van der Waals surface area contributed by atoms with Crippen LogP contribution in [-0.2, 0) is 4.79 Å². The smallest absolute Gasteiger partial charge is 0.304 e. The van der Waals surface area contributed by atoms with E-state index >= 15 is 0 Å². The average molecular weight is 228 g/mol. The highest BCUT2D eigenvalue weighted by atomic mass is 32.2. The van der Waals surface area contributed by atoms with Crippen LogP contribution in [0.2, 0.25) is 0 Å². The monoisotopic (exact) mass is 228 g/mol. The molecule has 0 saturated carbocycles. The Bertz CT molecular complexity index is 142. The number of aliphatic hydroxyl groups excluding tert-OH is 1. The summed E-state index contributed by atoms with van der Waals surface area (Å²) in [7, 11) is 0. The fourth-order valence-electron chi connectivity index (χ4n) is 0.468. The molecule has 0 aliphatic carbocycles. The number of carboxylic acids is 1. The molecule has 0 aliphatic heterocycles. The van der Waals surface area contributed by atoms with Gasteiger partial charge in [-0.2, -0.15) is 25.3 Å². The van der Waals surface area contributed by atoms with Gasteiger partial charge in [-0.3, -0.25) is 4.79 Å². The molecular weight excluding hydrogens is 216 g/mol. The molecule has 0 fully saturated rings. The third-order valence-corrected chi connectivity index (χ3v) is 3.94. The third-order valence-electron chi connectivity index (χ3n) is 1.12. The summed E-state index contributed by atoms with van der Waals surface area (Å²) < 4.78 is -0.113. The van der Waals surface area contributed by atoms with Crippen molar-refractivity contribution in [1.29, 1.82) is 0 Å². The van der Waals surface area contributed by atoms with Crippen molar-refractivity contribution in [1.82, 2.24) is 0 Å². The molecule has 72 valence electrons. The summed E-state index contributed by atoms with van der Waals surface area (Å²) in [4.78, 5) is 10.1. The molecule has 0 amide bonds. The molecule has 6 heteroatoms. The largest absolute Gasteiger partial charge is 0.481 e. The van der Waals surface area contributed by atoms with Crippen molar-refractivity contribution in [3.63, 3.8) is 0 Å². The Morgan fingerprint density at radius 2 is 2.08 bits per heavy atom. The standard InChI is InChI=1S/C6H12O3S3/c7-3-4(10)6(11)12-2-1-5(8)9/h4,6-7,10-11H,1-3H2,(H,8,9). The molecule has 2 unspecified atom stereocenters. The van der Waals surface area contributed by atoms with Gasteiger partial charge in [0.2, 0.25) is 0 Å². The maximum absolute atomic E-state index is 10.1. The van der Waals surface area contributed by atoms with E-state index in [1.54, 1.807) is 0 Å². The van der Waals surface area contributed by atoms with E-state index in [9.17, 15) is 4.79 Å². The van der Waals surface area contributed by atoms with Crippen molar-refractivity contribution in [3.8, 4) is 0 Å². The van der Waals surface area contributed by atoms with E-state index < -0.39 is 5.97 Å². The Balaban J connectivity index is 3.43. The summed E-state index contributed by atoms with van der Waals surface area (Å²) in [6.45, 7) is -0.0443. The van der Waals surface area contributed by atoms with Gasteiger partial charge in [0.05, 0.1) is 17.6 Å². The number of hydrogen-bond acceptors (Lipinski definition) is 5. The second-order valence-corrected chi connectivity index (χ2v) is 4.97. The van der Waals surface area contributed by atoms with E-state index in [4.69, 9.17) is 10.2 Å². The number of aliphatic carboxylic acids is 1. The summed E-state index contributed by atoms with van der Waals surface area (Å²) >= 11 is 9.58. The Kier molecular flexibility index (Phi) is 7.22. The van der Waals surface area contributed by atoms with Crippen LogP contribution in [0.3, 0.4) is 0 Å². The highest BCUT2D eigenvalue weighted by Gasteiger charge is 2.13. The van der Waals surface area contributed by atoms with E-state index in [1.807, 2.05) is 0 Å². The molecule has 0 rings (SSSR count). The van der Waals surface area contributed by atoms with Crippen molar-refractivity contribution < 1.29 is 15.0 Å². The van der Waals surface area contributed by atoms with Crippen LogP contribution in [0.1, 0.15) is 6.42 Å². The van der Waals surface area contributed by atoms with E-state index in [-0.39, 0.29) is 22.9 Å². The van der Waals surface area contributed by atoms with Crippen LogP contribution in [0.25, 0.3) is 0 Å². The molecule has 0 aromatic heterocycles. The molecule has 0 aromatic carbocycles. The summed E-state index contributed by atoms with van der Waals surface area (Å²) in [5, 5.41) is 16.8. The summed E-state index contributed by atoms with van der Waals surface area (Å²) in [6.07, 6.45) is 0.119. The van der Waals surface area contributed by atoms with Gasteiger partial charge in [0, 0.05) is 11.0 Å². The average Bonchev–Trinajstić information content (AvgIpc) is 2.02. The molecule has 12 heavy (non-hydrogen) atoms. The molecule has 2 atom stereocenters. The lowest BCUT2D eigenvalue weighted by atomic mass is 10.5. The topological polar surface area (TPSA) is 57.5 Å². The minimum Gasteiger partial charge on any atom is -0.481 e. The van der Waals surface area contributed by atoms with Crippen molar-refractivity contribution in [2.24, 2.45) is 0 Å². The minimum atomic E-state index is -0.817. The first kappa shape index (κ1) is 12.5. The van der Waals surface area contributed by atoms with Crippen LogP contribution in [-0.4, -0.2) is 38.4 Å². The highest BCUT2D eigenvalue weighted by molar-refractivity contribution is 8.11. The van der Waals surface area contributed by atoms with Gasteiger partial charge in [-0.15, -0.1) is 11.8 Å². The zero-order chi connectivity index (χ0) is 9.56. The van der Waals surface area contributed by atoms with Crippen molar-refractivity contribution in [3.05, 3.63) is 0 Å². The highest BCUT2D eigenvalue weighted by Crippen LogP contribution is 2.22. The molecule has 0 spiro atoms. The summed E-state index contributed by atoms with van der Waals surface area (Å²) in [5.74, 6) is -0.316. The van der Waals surface area contributed by atoms with Crippen molar-refractivity contribution >= 4 is 43.0 Å². The van der Waals surface area contributed by atoms with Gasteiger partial charge in [0.15, 0.2) is 0 Å². The number of thioether (sulfide) groups is 1. The summed E-state index contributed by atoms with van der Waals surface area (Å²) in [6, 6.07) is 0. The lowest BCUT2D eigenvalue weighted by Gasteiger charge is -2.14. The Hall–Kier alpha value is 0.480. The molecule has 0 bridgehead atoms.